The lowest BCUT2D eigenvalue weighted by Gasteiger charge is -2.14. The summed E-state index contributed by atoms with van der Waals surface area (Å²) in [6.45, 7) is 3.92. The van der Waals surface area contributed by atoms with E-state index >= 15 is 0 Å². The van der Waals surface area contributed by atoms with E-state index in [1.165, 1.54) is 11.8 Å². The van der Waals surface area contributed by atoms with Gasteiger partial charge in [0.05, 0.1) is 10.9 Å². The predicted octanol–water partition coefficient (Wildman–Crippen LogP) is 5.95. The molecule has 0 spiro atoms. The van der Waals surface area contributed by atoms with E-state index in [9.17, 15) is 4.79 Å². The number of aromatic amines is 1. The molecule has 1 atom stereocenters. The van der Waals surface area contributed by atoms with Crippen LogP contribution in [0.1, 0.15) is 31.4 Å². The molecule has 1 amide bonds. The summed E-state index contributed by atoms with van der Waals surface area (Å²) >= 11 is 4.97. The van der Waals surface area contributed by atoms with E-state index in [-0.39, 0.29) is 11.2 Å². The van der Waals surface area contributed by atoms with Crippen molar-refractivity contribution in [2.45, 2.75) is 43.1 Å². The average Bonchev–Trinajstić information content (AvgIpc) is 3.37. The van der Waals surface area contributed by atoms with Crippen LogP contribution in [0.2, 0.25) is 0 Å². The molecule has 1 aliphatic carbocycles. The Kier molecular flexibility index (Phi) is 5.35. The lowest BCUT2D eigenvalue weighted by Crippen LogP contribution is -2.23. The highest BCUT2D eigenvalue weighted by Gasteiger charge is 2.32. The number of para-hydroxylation sites is 1. The third kappa shape index (κ3) is 4.02. The molecule has 1 saturated carbocycles. The number of hydrogen-bond acceptors (Lipinski definition) is 4. The van der Waals surface area contributed by atoms with Crippen molar-refractivity contribution >= 4 is 50.2 Å². The van der Waals surface area contributed by atoms with E-state index in [1.54, 1.807) is 0 Å². The van der Waals surface area contributed by atoms with Gasteiger partial charge in [-0.25, -0.2) is 0 Å². The Bertz CT molecular complexity index is 1280. The van der Waals surface area contributed by atoms with Crippen molar-refractivity contribution in [3.8, 4) is 11.4 Å². The number of fused-ring (bicyclic) bond motifs is 1. The molecule has 31 heavy (non-hydrogen) atoms. The summed E-state index contributed by atoms with van der Waals surface area (Å²) in [6.07, 6.45) is 4.21. The van der Waals surface area contributed by atoms with Crippen LogP contribution in [0.25, 0.3) is 22.3 Å². The maximum absolute atomic E-state index is 12.8. The van der Waals surface area contributed by atoms with Crippen LogP contribution in [0.5, 0.6) is 0 Å². The van der Waals surface area contributed by atoms with Crippen LogP contribution in [0.4, 0.5) is 5.69 Å². The third-order valence-corrected chi connectivity index (χ3v) is 7.15. The van der Waals surface area contributed by atoms with Crippen LogP contribution >= 0.6 is 27.7 Å². The first-order valence-electron chi connectivity index (χ1n) is 10.3. The lowest BCUT2D eigenvalue weighted by molar-refractivity contribution is -0.115. The summed E-state index contributed by atoms with van der Waals surface area (Å²) < 4.78 is 3.08. The molecule has 0 bridgehead atoms. The first-order valence-corrected chi connectivity index (χ1v) is 11.9. The number of benzene rings is 2. The average molecular weight is 496 g/mol. The number of aromatic nitrogens is 4. The third-order valence-electron chi connectivity index (χ3n) is 5.44. The molecule has 0 radical (unpaired) electrons. The SMILES string of the molecule is Cc1ccc(NC(=O)C(C)Sc2nnc(-c3c[nH]c4ccccc34)n2C2CC2)c(Br)c1. The molecule has 2 N–H and O–H groups in total. The van der Waals surface area contributed by atoms with Gasteiger partial charge in [0.2, 0.25) is 5.91 Å². The van der Waals surface area contributed by atoms with E-state index in [4.69, 9.17) is 0 Å². The second-order valence-electron chi connectivity index (χ2n) is 7.89. The minimum absolute atomic E-state index is 0.0615. The number of nitrogens with zero attached hydrogens (tertiary/aromatic N) is 3. The molecule has 6 nitrogen and oxygen atoms in total. The normalized spacial score (nSPS) is 14.7. The molecule has 2 aromatic carbocycles. The standard InChI is InChI=1S/C23H22BrN5OS/c1-13-7-10-20(18(24)11-13)26-22(30)14(2)31-23-28-27-21(29(23)15-8-9-15)17-12-25-19-6-4-3-5-16(17)19/h3-7,10-12,14-15,25H,8-9H2,1-2H3,(H,26,30). The Morgan fingerprint density at radius 1 is 1.26 bits per heavy atom. The number of halogens is 1. The highest BCUT2D eigenvalue weighted by Crippen LogP contribution is 2.43. The maximum Gasteiger partial charge on any atom is 0.237 e. The number of rotatable bonds is 6. The van der Waals surface area contributed by atoms with Crippen LogP contribution in [-0.2, 0) is 4.79 Å². The molecular weight excluding hydrogens is 474 g/mol. The number of thioether (sulfide) groups is 1. The number of carbonyl (C=O) groups is 1. The van der Waals surface area contributed by atoms with Gasteiger partial charge < -0.3 is 10.3 Å². The molecule has 2 heterocycles. The van der Waals surface area contributed by atoms with Crippen molar-refractivity contribution in [3.05, 3.63) is 58.7 Å². The number of H-pyrrole nitrogens is 1. The zero-order valence-electron chi connectivity index (χ0n) is 17.2. The Morgan fingerprint density at radius 3 is 2.84 bits per heavy atom. The highest BCUT2D eigenvalue weighted by atomic mass is 79.9. The van der Waals surface area contributed by atoms with Crippen LogP contribution in [0, 0.1) is 6.92 Å². The molecule has 158 valence electrons. The van der Waals surface area contributed by atoms with Crippen LogP contribution in [0.15, 0.2) is 58.3 Å². The van der Waals surface area contributed by atoms with E-state index in [2.05, 4.69) is 53.1 Å². The molecule has 5 rings (SSSR count). The van der Waals surface area contributed by atoms with Crippen molar-refractivity contribution in [1.29, 1.82) is 0 Å². The fourth-order valence-corrected chi connectivity index (χ4v) is 5.14. The minimum atomic E-state index is -0.314. The Balaban J connectivity index is 1.40. The van der Waals surface area contributed by atoms with Crippen LogP contribution < -0.4 is 5.32 Å². The highest BCUT2D eigenvalue weighted by molar-refractivity contribution is 9.10. The molecule has 1 fully saturated rings. The quantitative estimate of drug-likeness (QED) is 0.324. The molecule has 2 aromatic heterocycles. The van der Waals surface area contributed by atoms with Crippen LogP contribution in [-0.4, -0.2) is 30.9 Å². The fraction of sp³-hybridized carbons (Fsp3) is 0.261. The molecule has 8 heteroatoms. The van der Waals surface area contributed by atoms with Gasteiger partial charge in [-0.3, -0.25) is 9.36 Å². The van der Waals surface area contributed by atoms with Gasteiger partial charge in [0.25, 0.3) is 0 Å². The Labute approximate surface area is 193 Å². The van der Waals surface area contributed by atoms with Crippen molar-refractivity contribution in [3.63, 3.8) is 0 Å². The number of aryl methyl sites for hydroxylation is 1. The van der Waals surface area contributed by atoms with Gasteiger partial charge in [0, 0.05) is 33.2 Å². The number of nitrogens with one attached hydrogen (secondary N) is 2. The largest absolute Gasteiger partial charge is 0.360 e. The number of amides is 1. The smallest absolute Gasteiger partial charge is 0.237 e. The summed E-state index contributed by atoms with van der Waals surface area (Å²) in [5.41, 5.74) is 4.02. The summed E-state index contributed by atoms with van der Waals surface area (Å²) in [6, 6.07) is 14.5. The number of carbonyl (C=O) groups excluding carboxylic acids is 1. The zero-order valence-corrected chi connectivity index (χ0v) is 19.6. The van der Waals surface area contributed by atoms with Gasteiger partial charge in [-0.2, -0.15) is 0 Å². The van der Waals surface area contributed by atoms with E-state index in [0.717, 1.165) is 56.0 Å². The summed E-state index contributed by atoms with van der Waals surface area (Å²) in [5, 5.41) is 13.6. The van der Waals surface area contributed by atoms with Crippen molar-refractivity contribution in [1.82, 2.24) is 19.7 Å². The minimum Gasteiger partial charge on any atom is -0.360 e. The Morgan fingerprint density at radius 2 is 2.06 bits per heavy atom. The summed E-state index contributed by atoms with van der Waals surface area (Å²) in [5.74, 6) is 0.796. The first kappa shape index (κ1) is 20.3. The van der Waals surface area contributed by atoms with Gasteiger partial charge in [0.1, 0.15) is 0 Å². The molecule has 0 saturated heterocycles. The maximum atomic E-state index is 12.8. The van der Waals surface area contributed by atoms with Crippen molar-refractivity contribution in [2.75, 3.05) is 5.32 Å². The molecule has 1 aliphatic rings. The van der Waals surface area contributed by atoms with E-state index < -0.39 is 0 Å². The molecule has 0 aliphatic heterocycles. The lowest BCUT2D eigenvalue weighted by atomic mass is 10.1. The van der Waals surface area contributed by atoms with Crippen LogP contribution in [0.3, 0.4) is 0 Å². The van der Waals surface area contributed by atoms with Crippen molar-refractivity contribution < 1.29 is 4.79 Å². The topological polar surface area (TPSA) is 75.6 Å². The second kappa shape index (κ2) is 8.16. The Hall–Kier alpha value is -2.58. The van der Waals surface area contributed by atoms with E-state index in [1.807, 2.05) is 50.4 Å². The second-order valence-corrected chi connectivity index (χ2v) is 10.1. The van der Waals surface area contributed by atoms with Gasteiger partial charge in [-0.1, -0.05) is 36.0 Å². The van der Waals surface area contributed by atoms with Gasteiger partial charge in [-0.05, 0) is 66.4 Å². The van der Waals surface area contributed by atoms with Crippen molar-refractivity contribution in [2.24, 2.45) is 0 Å². The predicted molar refractivity (Wildman–Crippen MR) is 128 cm³/mol. The molecule has 4 aromatic rings. The molecule has 1 unspecified atom stereocenters. The van der Waals surface area contributed by atoms with E-state index in [0.29, 0.717) is 6.04 Å². The van der Waals surface area contributed by atoms with Gasteiger partial charge in [0.15, 0.2) is 11.0 Å². The van der Waals surface area contributed by atoms with Gasteiger partial charge in [-0.15, -0.1) is 10.2 Å². The monoisotopic (exact) mass is 495 g/mol. The number of hydrogen-bond donors (Lipinski definition) is 2. The summed E-state index contributed by atoms with van der Waals surface area (Å²) in [4.78, 5) is 16.2. The number of anilines is 1. The van der Waals surface area contributed by atoms with Gasteiger partial charge >= 0.3 is 0 Å². The molecular formula is C23H22BrN5OS. The summed E-state index contributed by atoms with van der Waals surface area (Å²) in [7, 11) is 0. The fourth-order valence-electron chi connectivity index (χ4n) is 3.63. The first-order chi connectivity index (χ1) is 15.0. The zero-order chi connectivity index (χ0) is 21.5.